The molecule has 1 atom stereocenters. The first-order valence-corrected chi connectivity index (χ1v) is 11.9. The third kappa shape index (κ3) is 4.38. The van der Waals surface area contributed by atoms with Gasteiger partial charge in [0, 0.05) is 21.2 Å². The van der Waals surface area contributed by atoms with Gasteiger partial charge in [-0.1, -0.05) is 51.4 Å². The molecule has 8 nitrogen and oxygen atoms in total. The first-order valence-electron chi connectivity index (χ1n) is 11.1. The van der Waals surface area contributed by atoms with E-state index in [0.717, 1.165) is 0 Å². The van der Waals surface area contributed by atoms with E-state index in [2.05, 4.69) is 26.6 Å². The van der Waals surface area contributed by atoms with Crippen LogP contribution in [0.4, 0.5) is 23.7 Å². The highest BCUT2D eigenvalue weighted by Gasteiger charge is 2.56. The average molecular weight is 580 g/mol. The lowest BCUT2D eigenvalue weighted by atomic mass is 9.91. The molecule has 1 aromatic heterocycles. The van der Waals surface area contributed by atoms with Crippen LogP contribution >= 0.6 is 15.9 Å². The molecule has 2 N–H and O–H groups in total. The van der Waals surface area contributed by atoms with E-state index in [1.54, 1.807) is 57.2 Å². The Hall–Kier alpha value is -3.35. The molecule has 2 aliphatic heterocycles. The van der Waals surface area contributed by atoms with Gasteiger partial charge in [-0.05, 0) is 39.0 Å². The van der Waals surface area contributed by atoms with Crippen molar-refractivity contribution in [1.29, 1.82) is 0 Å². The normalized spacial score (nSPS) is 19.4. The van der Waals surface area contributed by atoms with Crippen molar-refractivity contribution >= 4 is 33.4 Å². The second-order valence-corrected chi connectivity index (χ2v) is 10.4. The molecule has 0 fully saturated rings. The quantitative estimate of drug-likeness (QED) is 0.386. The van der Waals surface area contributed by atoms with Crippen LogP contribution < -0.4 is 10.4 Å². The molecule has 5 rings (SSSR count). The van der Waals surface area contributed by atoms with Crippen LogP contribution in [0.1, 0.15) is 37.7 Å². The van der Waals surface area contributed by atoms with Crippen LogP contribution in [0.2, 0.25) is 0 Å². The number of anilines is 1. The first-order chi connectivity index (χ1) is 17.3. The number of carbonyl (C=O) groups is 1. The van der Waals surface area contributed by atoms with Gasteiger partial charge in [-0.3, -0.25) is 10.4 Å². The number of amides is 1. The maximum atomic E-state index is 14.4. The molecule has 0 saturated carbocycles. The fourth-order valence-electron chi connectivity index (χ4n) is 4.24. The van der Waals surface area contributed by atoms with Gasteiger partial charge in [-0.15, -0.1) is 0 Å². The van der Waals surface area contributed by atoms with Crippen LogP contribution in [0, 0.1) is 0 Å². The topological polar surface area (TPSA) is 97.1 Å². The number of hydrogen-bond acceptors (Lipinski definition) is 7. The Morgan fingerprint density at radius 3 is 2.54 bits per heavy atom. The summed E-state index contributed by atoms with van der Waals surface area (Å²) in [4.78, 5) is 19.7. The van der Waals surface area contributed by atoms with Crippen molar-refractivity contribution in [2.24, 2.45) is 0 Å². The maximum absolute atomic E-state index is 14.4. The number of benzene rings is 2. The molecular formula is C25H21BrF3N3O5. The molecule has 0 bridgehead atoms. The number of alkyl halides is 3. The van der Waals surface area contributed by atoms with E-state index in [1.165, 1.54) is 17.0 Å². The van der Waals surface area contributed by atoms with E-state index < -0.39 is 40.7 Å². The highest BCUT2D eigenvalue weighted by Crippen LogP contribution is 2.51. The molecule has 0 aliphatic carbocycles. The molecule has 0 spiro atoms. The summed E-state index contributed by atoms with van der Waals surface area (Å²) in [5.41, 5.74) is 0.979. The predicted molar refractivity (Wildman–Crippen MR) is 130 cm³/mol. The molecule has 1 amide bonds. The van der Waals surface area contributed by atoms with Crippen LogP contribution in [0.25, 0.3) is 17.0 Å². The number of ether oxygens (including phenoxy) is 1. The minimum absolute atomic E-state index is 0.0746. The van der Waals surface area contributed by atoms with Crippen LogP contribution in [0.3, 0.4) is 0 Å². The number of carbonyl (C=O) groups excluding carboxylic acids is 1. The summed E-state index contributed by atoms with van der Waals surface area (Å²) in [7, 11) is 0. The zero-order valence-electron chi connectivity index (χ0n) is 19.8. The van der Waals surface area contributed by atoms with Gasteiger partial charge in [0.25, 0.3) is 5.79 Å². The van der Waals surface area contributed by atoms with Gasteiger partial charge < -0.3 is 14.4 Å². The Bertz CT molecular complexity index is 1420. The summed E-state index contributed by atoms with van der Waals surface area (Å²) >= 11 is 3.37. The van der Waals surface area contributed by atoms with Gasteiger partial charge in [-0.2, -0.15) is 13.2 Å². The van der Waals surface area contributed by atoms with Gasteiger partial charge in [0.05, 0.1) is 17.9 Å². The second kappa shape index (κ2) is 8.61. The lowest BCUT2D eigenvalue weighted by Gasteiger charge is -2.33. The van der Waals surface area contributed by atoms with Crippen LogP contribution in [-0.4, -0.2) is 28.5 Å². The van der Waals surface area contributed by atoms with Crippen LogP contribution in [0.5, 0.6) is 0 Å². The molecule has 0 saturated heterocycles. The molecule has 12 heteroatoms. The fourth-order valence-corrected chi connectivity index (χ4v) is 4.59. The number of hydrogen-bond donors (Lipinski definition) is 2. The smallest absolute Gasteiger partial charge is 0.422 e. The standard InChI is InChI=1S/C25H21BrF3N3O5/c1-23(2,3)35-22(33)32-12-16-20(15-10-9-14(26)11-17(15)32)31-37-24(16,34)21-18(25(27,28)29)19(30-36-21)13-7-5-4-6-8-13/h4-11,31,34H,12H2,1-3H3. The largest absolute Gasteiger partial charge is 0.443 e. The Morgan fingerprint density at radius 2 is 1.89 bits per heavy atom. The van der Waals surface area contributed by atoms with Gasteiger partial charge in [0.15, 0.2) is 0 Å². The van der Waals surface area contributed by atoms with Gasteiger partial charge in [-0.25, -0.2) is 9.63 Å². The Labute approximate surface area is 217 Å². The van der Waals surface area contributed by atoms with Gasteiger partial charge in [0.2, 0.25) is 5.76 Å². The number of nitrogens with one attached hydrogen (secondary N) is 1. The number of aliphatic hydroxyl groups is 1. The SMILES string of the molecule is CC(C)(C)OC(=O)N1CC2=C(NOC2(O)c2onc(-c3ccccc3)c2C(F)(F)F)c2ccc(Br)cc21. The van der Waals surface area contributed by atoms with Crippen molar-refractivity contribution in [2.75, 3.05) is 11.4 Å². The average Bonchev–Trinajstić information content (AvgIpc) is 3.41. The monoisotopic (exact) mass is 579 g/mol. The molecule has 2 aromatic carbocycles. The van der Waals surface area contributed by atoms with E-state index in [1.807, 2.05) is 0 Å². The molecule has 0 radical (unpaired) electrons. The van der Waals surface area contributed by atoms with Crippen molar-refractivity contribution in [2.45, 2.75) is 38.3 Å². The lowest BCUT2D eigenvalue weighted by Crippen LogP contribution is -2.43. The van der Waals surface area contributed by atoms with Crippen molar-refractivity contribution < 1.29 is 37.2 Å². The molecule has 3 aromatic rings. The minimum atomic E-state index is -4.95. The van der Waals surface area contributed by atoms with E-state index in [4.69, 9.17) is 14.1 Å². The van der Waals surface area contributed by atoms with Crippen molar-refractivity contribution in [3.05, 3.63) is 75.5 Å². The zero-order chi connectivity index (χ0) is 26.8. The molecule has 194 valence electrons. The van der Waals surface area contributed by atoms with Gasteiger partial charge >= 0.3 is 12.3 Å². The number of fused-ring (bicyclic) bond motifs is 2. The van der Waals surface area contributed by atoms with E-state index in [9.17, 15) is 23.1 Å². The molecule has 3 heterocycles. The zero-order valence-corrected chi connectivity index (χ0v) is 21.4. The van der Waals surface area contributed by atoms with Crippen LogP contribution in [-0.2, 0) is 21.5 Å². The van der Waals surface area contributed by atoms with Crippen molar-refractivity contribution in [3.63, 3.8) is 0 Å². The number of halogens is 4. The van der Waals surface area contributed by atoms with Crippen LogP contribution in [0.15, 0.2) is 63.1 Å². The summed E-state index contributed by atoms with van der Waals surface area (Å²) < 4.78 is 54.4. The number of aromatic nitrogens is 1. The number of hydroxylamine groups is 1. The van der Waals surface area contributed by atoms with E-state index in [-0.39, 0.29) is 23.4 Å². The summed E-state index contributed by atoms with van der Waals surface area (Å²) in [6, 6.07) is 12.6. The third-order valence-corrected chi connectivity index (χ3v) is 6.29. The Kier molecular flexibility index (Phi) is 5.89. The predicted octanol–water partition coefficient (Wildman–Crippen LogP) is 5.97. The number of nitrogens with zero attached hydrogens (tertiary/aromatic N) is 2. The highest BCUT2D eigenvalue weighted by molar-refractivity contribution is 9.10. The van der Waals surface area contributed by atoms with Gasteiger partial charge in [0.1, 0.15) is 16.9 Å². The second-order valence-electron chi connectivity index (χ2n) is 9.53. The minimum Gasteiger partial charge on any atom is -0.443 e. The third-order valence-electron chi connectivity index (χ3n) is 5.79. The molecule has 2 aliphatic rings. The number of rotatable bonds is 2. The lowest BCUT2D eigenvalue weighted by molar-refractivity contribution is -0.213. The fraction of sp³-hybridized carbons (Fsp3) is 0.280. The summed E-state index contributed by atoms with van der Waals surface area (Å²) in [5, 5.41) is 15.3. The highest BCUT2D eigenvalue weighted by atomic mass is 79.9. The first kappa shape index (κ1) is 25.3. The molecule has 37 heavy (non-hydrogen) atoms. The Balaban J connectivity index is 1.67. The maximum Gasteiger partial charge on any atom is 0.422 e. The summed E-state index contributed by atoms with van der Waals surface area (Å²) in [6.45, 7) is 4.71. The van der Waals surface area contributed by atoms with E-state index >= 15 is 0 Å². The molecular weight excluding hydrogens is 559 g/mol. The molecule has 1 unspecified atom stereocenters. The summed E-state index contributed by atoms with van der Waals surface area (Å²) in [6.07, 6.45) is -5.71. The van der Waals surface area contributed by atoms with Crippen molar-refractivity contribution in [1.82, 2.24) is 10.6 Å². The summed E-state index contributed by atoms with van der Waals surface area (Å²) in [5.74, 6) is -3.69. The van der Waals surface area contributed by atoms with Crippen molar-refractivity contribution in [3.8, 4) is 11.3 Å². The van der Waals surface area contributed by atoms with E-state index in [0.29, 0.717) is 15.7 Å². The Morgan fingerprint density at radius 1 is 1.19 bits per heavy atom.